The molecule has 2 aliphatic carbocycles. The van der Waals surface area contributed by atoms with E-state index in [1.165, 1.54) is 38.5 Å². The summed E-state index contributed by atoms with van der Waals surface area (Å²) in [5, 5.41) is 6.46. The quantitative estimate of drug-likeness (QED) is 0.701. The Morgan fingerprint density at radius 3 is 2.37 bits per heavy atom. The van der Waals surface area contributed by atoms with Crippen molar-refractivity contribution in [3.8, 4) is 0 Å². The van der Waals surface area contributed by atoms with Gasteiger partial charge in [0.2, 0.25) is 0 Å². The third-order valence-corrected chi connectivity index (χ3v) is 7.15. The molecule has 0 radical (unpaired) electrons. The third-order valence-electron chi connectivity index (χ3n) is 7.15. The molecule has 1 aromatic rings. The number of rotatable bonds is 4. The van der Waals surface area contributed by atoms with E-state index < -0.39 is 0 Å². The lowest BCUT2D eigenvalue weighted by Gasteiger charge is -2.35. The molecule has 1 heterocycles. The number of nitrogens with zero attached hydrogens (tertiary/aromatic N) is 1. The highest BCUT2D eigenvalue weighted by Gasteiger charge is 2.44. The zero-order valence-electron chi connectivity index (χ0n) is 16.8. The summed E-state index contributed by atoms with van der Waals surface area (Å²) in [5.74, 6) is 0.813. The zero-order valence-corrected chi connectivity index (χ0v) is 16.8. The van der Waals surface area contributed by atoms with E-state index in [1.807, 2.05) is 13.1 Å². The topological polar surface area (TPSA) is 70.4 Å². The molecule has 4 rings (SSSR count). The summed E-state index contributed by atoms with van der Waals surface area (Å²) in [6.07, 6.45) is 9.83. The predicted octanol–water partition coefficient (Wildman–Crippen LogP) is 4.00. The first kappa shape index (κ1) is 18.5. The minimum absolute atomic E-state index is 0.0330. The number of nitrogens with one attached hydrogen (secondary N) is 2. The number of nitrogens with two attached hydrogens (primary N) is 1. The highest BCUT2D eigenvalue weighted by Crippen LogP contribution is 2.54. The van der Waals surface area contributed by atoms with Crippen molar-refractivity contribution in [2.45, 2.75) is 64.3 Å². The second-order valence-corrected chi connectivity index (χ2v) is 9.12. The number of piperidine rings is 1. The van der Waals surface area contributed by atoms with E-state index in [9.17, 15) is 4.79 Å². The molecule has 0 unspecified atom stereocenters. The molecule has 0 bridgehead atoms. The van der Waals surface area contributed by atoms with Gasteiger partial charge in [0.25, 0.3) is 5.91 Å². The molecule has 0 atom stereocenters. The normalized spacial score (nSPS) is 26.7. The van der Waals surface area contributed by atoms with Crippen LogP contribution in [-0.4, -0.2) is 32.1 Å². The fourth-order valence-corrected chi connectivity index (χ4v) is 4.83. The maximum atomic E-state index is 13.1. The van der Waals surface area contributed by atoms with E-state index >= 15 is 0 Å². The van der Waals surface area contributed by atoms with Crippen LogP contribution in [0.5, 0.6) is 0 Å². The third kappa shape index (κ3) is 3.87. The molecule has 1 amide bonds. The zero-order chi connectivity index (χ0) is 19.0. The molecule has 5 nitrogen and oxygen atoms in total. The molecule has 4 N–H and O–H groups in total. The van der Waals surface area contributed by atoms with E-state index in [0.717, 1.165) is 48.8 Å². The second-order valence-electron chi connectivity index (χ2n) is 9.12. The van der Waals surface area contributed by atoms with Gasteiger partial charge >= 0.3 is 0 Å². The van der Waals surface area contributed by atoms with Crippen molar-refractivity contribution in [1.82, 2.24) is 5.32 Å². The van der Waals surface area contributed by atoms with Gasteiger partial charge in [0.05, 0.1) is 22.6 Å². The summed E-state index contributed by atoms with van der Waals surface area (Å²) >= 11 is 0. The number of anilines is 3. The monoisotopic (exact) mass is 370 g/mol. The van der Waals surface area contributed by atoms with Crippen molar-refractivity contribution in [3.63, 3.8) is 0 Å². The van der Waals surface area contributed by atoms with Crippen molar-refractivity contribution >= 4 is 23.0 Å². The Kier molecular flexibility index (Phi) is 4.95. The Balaban J connectivity index is 1.54. The Hall–Kier alpha value is -1.91. The van der Waals surface area contributed by atoms with Gasteiger partial charge in [0.1, 0.15) is 0 Å². The van der Waals surface area contributed by atoms with Crippen LogP contribution in [0, 0.1) is 11.3 Å². The number of hydrogen-bond acceptors (Lipinski definition) is 4. The number of nitrogen functional groups attached to an aromatic ring is 1. The summed E-state index contributed by atoms with van der Waals surface area (Å²) in [4.78, 5) is 15.5. The summed E-state index contributed by atoms with van der Waals surface area (Å²) in [6, 6.07) is 4.23. The Morgan fingerprint density at radius 2 is 1.78 bits per heavy atom. The van der Waals surface area contributed by atoms with Gasteiger partial charge in [-0.25, -0.2) is 0 Å². The van der Waals surface area contributed by atoms with E-state index in [0.29, 0.717) is 17.1 Å². The molecule has 1 aromatic carbocycles. The van der Waals surface area contributed by atoms with Crippen LogP contribution >= 0.6 is 0 Å². The van der Waals surface area contributed by atoms with Crippen molar-refractivity contribution in [2.24, 2.45) is 11.3 Å². The lowest BCUT2D eigenvalue weighted by molar-refractivity contribution is 0.0923. The Bertz CT molecular complexity index is 695. The Labute approximate surface area is 163 Å². The molecule has 27 heavy (non-hydrogen) atoms. The van der Waals surface area contributed by atoms with Crippen LogP contribution in [0.25, 0.3) is 0 Å². The standard InChI is InChI=1S/C22H34N4O/c1-15-3-5-16(6-4-15)25-21(27)17-13-18(23)19(24-2)14-20(17)26-11-9-22(7-8-22)10-12-26/h13-16,24H,3-12,23H2,1-2H3,(H,25,27). The summed E-state index contributed by atoms with van der Waals surface area (Å²) in [7, 11) is 1.88. The number of carbonyl (C=O) groups excluding carboxylic acids is 1. The number of benzene rings is 1. The molecular weight excluding hydrogens is 336 g/mol. The predicted molar refractivity (Wildman–Crippen MR) is 112 cm³/mol. The maximum absolute atomic E-state index is 13.1. The molecule has 1 aliphatic heterocycles. The minimum atomic E-state index is 0.0330. The molecular formula is C22H34N4O. The van der Waals surface area contributed by atoms with Gasteiger partial charge in [-0.1, -0.05) is 6.92 Å². The fraction of sp³-hybridized carbons (Fsp3) is 0.682. The molecule has 3 fully saturated rings. The van der Waals surface area contributed by atoms with Gasteiger partial charge in [0, 0.05) is 26.2 Å². The van der Waals surface area contributed by atoms with Crippen molar-refractivity contribution in [1.29, 1.82) is 0 Å². The van der Waals surface area contributed by atoms with Gasteiger partial charge in [-0.05, 0) is 74.8 Å². The number of amides is 1. The SMILES string of the molecule is CNc1cc(N2CCC3(CC2)CC3)c(C(=O)NC2CCC(C)CC2)cc1N. The van der Waals surface area contributed by atoms with Gasteiger partial charge in [0.15, 0.2) is 0 Å². The van der Waals surface area contributed by atoms with Crippen LogP contribution < -0.4 is 21.3 Å². The lowest BCUT2D eigenvalue weighted by Crippen LogP contribution is -2.39. The van der Waals surface area contributed by atoms with E-state index in [-0.39, 0.29) is 5.91 Å². The minimum Gasteiger partial charge on any atom is -0.397 e. The average molecular weight is 371 g/mol. The van der Waals surface area contributed by atoms with E-state index in [4.69, 9.17) is 5.73 Å². The largest absolute Gasteiger partial charge is 0.397 e. The smallest absolute Gasteiger partial charge is 0.253 e. The number of carbonyl (C=O) groups is 1. The molecule has 148 valence electrons. The summed E-state index contributed by atoms with van der Waals surface area (Å²) in [5.41, 5.74) is 10.1. The van der Waals surface area contributed by atoms with Crippen molar-refractivity contribution < 1.29 is 4.79 Å². The highest BCUT2D eigenvalue weighted by atomic mass is 16.1. The maximum Gasteiger partial charge on any atom is 0.253 e. The molecule has 5 heteroatoms. The first-order valence-corrected chi connectivity index (χ1v) is 10.7. The summed E-state index contributed by atoms with van der Waals surface area (Å²) in [6.45, 7) is 4.37. The first-order valence-electron chi connectivity index (χ1n) is 10.7. The Morgan fingerprint density at radius 1 is 1.11 bits per heavy atom. The van der Waals surface area contributed by atoms with Crippen LogP contribution in [0.2, 0.25) is 0 Å². The number of hydrogen-bond donors (Lipinski definition) is 3. The van der Waals surface area contributed by atoms with E-state index in [2.05, 4.69) is 28.5 Å². The van der Waals surface area contributed by atoms with Crippen LogP contribution in [0.4, 0.5) is 17.1 Å². The molecule has 1 saturated heterocycles. The van der Waals surface area contributed by atoms with Crippen molar-refractivity contribution in [2.75, 3.05) is 36.1 Å². The highest BCUT2D eigenvalue weighted by molar-refractivity contribution is 6.02. The van der Waals surface area contributed by atoms with Gasteiger partial charge in [-0.3, -0.25) is 4.79 Å². The van der Waals surface area contributed by atoms with E-state index in [1.54, 1.807) is 0 Å². The molecule has 0 aromatic heterocycles. The second kappa shape index (κ2) is 7.25. The lowest BCUT2D eigenvalue weighted by atomic mass is 9.87. The van der Waals surface area contributed by atoms with Crippen LogP contribution in [0.15, 0.2) is 12.1 Å². The van der Waals surface area contributed by atoms with Crippen LogP contribution in [-0.2, 0) is 0 Å². The molecule has 2 saturated carbocycles. The molecule has 3 aliphatic rings. The fourth-order valence-electron chi connectivity index (χ4n) is 4.83. The van der Waals surface area contributed by atoms with Gasteiger partial charge in [-0.15, -0.1) is 0 Å². The summed E-state index contributed by atoms with van der Waals surface area (Å²) < 4.78 is 0. The first-order chi connectivity index (χ1) is 13.0. The molecule has 1 spiro atoms. The van der Waals surface area contributed by atoms with Crippen molar-refractivity contribution in [3.05, 3.63) is 17.7 Å². The van der Waals surface area contributed by atoms with Crippen LogP contribution in [0.3, 0.4) is 0 Å². The average Bonchev–Trinajstić information content (AvgIpc) is 3.43. The van der Waals surface area contributed by atoms with Crippen LogP contribution in [0.1, 0.15) is 68.6 Å². The van der Waals surface area contributed by atoms with Gasteiger partial charge in [-0.2, -0.15) is 0 Å². The van der Waals surface area contributed by atoms with Gasteiger partial charge < -0.3 is 21.3 Å².